The first-order valence-electron chi connectivity index (χ1n) is 5.15. The Morgan fingerprint density at radius 2 is 2.25 bits per heavy atom. The Hall–Kier alpha value is -1.07. The number of aromatic nitrogens is 2. The molecule has 2 heterocycles. The largest absolute Gasteiger partial charge is 0.476 e. The Morgan fingerprint density at radius 3 is 2.81 bits per heavy atom. The molecular weight excluding hydrogens is 230 g/mol. The van der Waals surface area contributed by atoms with E-state index in [1.165, 1.54) is 0 Å². The van der Waals surface area contributed by atoms with E-state index in [4.69, 9.17) is 5.11 Å². The molecule has 0 aromatic carbocycles. The number of nitrogens with zero attached hydrogens (tertiary/aromatic N) is 2. The number of aromatic carboxylic acids is 1. The average Bonchev–Trinajstić information content (AvgIpc) is 2.56. The zero-order valence-corrected chi connectivity index (χ0v) is 10.2. The number of nitrogens with one attached hydrogen (secondary N) is 1. The van der Waals surface area contributed by atoms with Crippen LogP contribution in [-0.4, -0.2) is 27.4 Å². The third kappa shape index (κ3) is 2.05. The number of carbonyl (C=O) groups is 1. The molecule has 1 aliphatic rings. The summed E-state index contributed by atoms with van der Waals surface area (Å²) in [5, 5.41) is 16.4. The van der Waals surface area contributed by atoms with Crippen molar-refractivity contribution >= 4 is 18.4 Å². The lowest BCUT2D eigenvalue weighted by Crippen LogP contribution is -2.25. The van der Waals surface area contributed by atoms with E-state index in [9.17, 15) is 4.79 Å². The summed E-state index contributed by atoms with van der Waals surface area (Å²) in [6, 6.07) is 0.213. The van der Waals surface area contributed by atoms with Gasteiger partial charge >= 0.3 is 5.97 Å². The molecule has 2 N–H and O–H groups in total. The number of halogens is 1. The van der Waals surface area contributed by atoms with Gasteiger partial charge < -0.3 is 10.4 Å². The first-order chi connectivity index (χ1) is 7.11. The molecule has 0 saturated carbocycles. The highest BCUT2D eigenvalue weighted by Gasteiger charge is 2.25. The van der Waals surface area contributed by atoms with Gasteiger partial charge in [-0.25, -0.2) is 4.79 Å². The van der Waals surface area contributed by atoms with E-state index in [2.05, 4.69) is 10.4 Å². The molecule has 0 bridgehead atoms. The number of hydrogen-bond acceptors (Lipinski definition) is 3. The summed E-state index contributed by atoms with van der Waals surface area (Å²) in [4.78, 5) is 11.0. The van der Waals surface area contributed by atoms with Gasteiger partial charge in [-0.1, -0.05) is 0 Å². The van der Waals surface area contributed by atoms with E-state index >= 15 is 0 Å². The van der Waals surface area contributed by atoms with E-state index in [0.29, 0.717) is 6.54 Å². The van der Waals surface area contributed by atoms with Crippen LogP contribution >= 0.6 is 12.4 Å². The Labute approximate surface area is 100 Å². The van der Waals surface area contributed by atoms with E-state index in [1.54, 1.807) is 0 Å². The summed E-state index contributed by atoms with van der Waals surface area (Å²) in [7, 11) is 0. The second-order valence-corrected chi connectivity index (χ2v) is 4.04. The molecule has 0 saturated heterocycles. The highest BCUT2D eigenvalue weighted by molar-refractivity contribution is 5.87. The normalized spacial score (nSPS) is 14.4. The van der Waals surface area contributed by atoms with Gasteiger partial charge in [-0.2, -0.15) is 5.10 Å². The van der Waals surface area contributed by atoms with Crippen molar-refractivity contribution in [3.63, 3.8) is 0 Å². The number of fused-ring (bicyclic) bond motifs is 1. The molecule has 1 aromatic rings. The van der Waals surface area contributed by atoms with Gasteiger partial charge in [-0.15, -0.1) is 12.4 Å². The first kappa shape index (κ1) is 13.0. The predicted molar refractivity (Wildman–Crippen MR) is 62.2 cm³/mol. The highest BCUT2D eigenvalue weighted by Crippen LogP contribution is 2.21. The minimum absolute atomic E-state index is 0. The lowest BCUT2D eigenvalue weighted by atomic mass is 10.1. The van der Waals surface area contributed by atoms with Gasteiger partial charge in [0.25, 0.3) is 0 Å². The maximum atomic E-state index is 11.0. The molecule has 0 aliphatic carbocycles. The maximum absolute atomic E-state index is 11.0. The quantitative estimate of drug-likeness (QED) is 0.823. The number of carboxylic acids is 1. The molecule has 0 fully saturated rings. The molecular formula is C10H16ClN3O2. The molecule has 2 rings (SSSR count). The highest BCUT2D eigenvalue weighted by atomic mass is 35.5. The Balaban J connectivity index is 0.00000128. The second-order valence-electron chi connectivity index (χ2n) is 4.04. The summed E-state index contributed by atoms with van der Waals surface area (Å²) in [6.07, 6.45) is 0.855. The van der Waals surface area contributed by atoms with Crippen LogP contribution < -0.4 is 5.32 Å². The number of rotatable bonds is 2. The monoisotopic (exact) mass is 245 g/mol. The minimum atomic E-state index is -0.936. The number of hydrogen-bond donors (Lipinski definition) is 2. The van der Waals surface area contributed by atoms with Gasteiger partial charge in [0.05, 0.1) is 0 Å². The smallest absolute Gasteiger partial charge is 0.356 e. The molecule has 16 heavy (non-hydrogen) atoms. The molecule has 0 amide bonds. The minimum Gasteiger partial charge on any atom is -0.476 e. The van der Waals surface area contributed by atoms with Crippen molar-refractivity contribution in [2.75, 3.05) is 6.54 Å². The van der Waals surface area contributed by atoms with Gasteiger partial charge in [0.2, 0.25) is 0 Å². The molecule has 90 valence electrons. The van der Waals surface area contributed by atoms with Gasteiger partial charge in [0.1, 0.15) is 0 Å². The van der Waals surface area contributed by atoms with Crippen molar-refractivity contribution in [2.45, 2.75) is 32.9 Å². The van der Waals surface area contributed by atoms with Gasteiger partial charge in [0.15, 0.2) is 5.69 Å². The van der Waals surface area contributed by atoms with Crippen LogP contribution in [0, 0.1) is 0 Å². The first-order valence-corrected chi connectivity index (χ1v) is 5.15. The van der Waals surface area contributed by atoms with Crippen molar-refractivity contribution in [3.8, 4) is 0 Å². The average molecular weight is 246 g/mol. The van der Waals surface area contributed by atoms with E-state index in [-0.39, 0.29) is 24.1 Å². The summed E-state index contributed by atoms with van der Waals surface area (Å²) in [5.41, 5.74) is 2.12. The van der Waals surface area contributed by atoms with Crippen LogP contribution in [0.15, 0.2) is 0 Å². The molecule has 1 aromatic heterocycles. The topological polar surface area (TPSA) is 67.2 Å². The Kier molecular flexibility index (Phi) is 3.93. The van der Waals surface area contributed by atoms with Gasteiger partial charge in [-0.05, 0) is 13.8 Å². The Morgan fingerprint density at radius 1 is 1.56 bits per heavy atom. The molecule has 5 nitrogen and oxygen atoms in total. The number of carboxylic acid groups (broad SMARTS) is 1. The summed E-state index contributed by atoms with van der Waals surface area (Å²) in [5.74, 6) is -0.936. The molecule has 0 spiro atoms. The van der Waals surface area contributed by atoms with Crippen molar-refractivity contribution in [3.05, 3.63) is 17.0 Å². The molecule has 6 heteroatoms. The summed E-state index contributed by atoms with van der Waals surface area (Å²) in [6.45, 7) is 5.54. The summed E-state index contributed by atoms with van der Waals surface area (Å²) >= 11 is 0. The van der Waals surface area contributed by atoms with E-state index in [0.717, 1.165) is 24.2 Å². The fourth-order valence-electron chi connectivity index (χ4n) is 1.97. The standard InChI is InChI=1S/C10H15N3O2.ClH/c1-6(2)13-8-3-4-11-5-7(8)9(12-13)10(14)15;/h6,11H,3-5H2,1-2H3,(H,14,15);1H. The lowest BCUT2D eigenvalue weighted by molar-refractivity contribution is 0.0688. The van der Waals surface area contributed by atoms with Gasteiger partial charge in [-0.3, -0.25) is 4.68 Å². The van der Waals surface area contributed by atoms with Crippen molar-refractivity contribution in [1.29, 1.82) is 0 Å². The van der Waals surface area contributed by atoms with Crippen molar-refractivity contribution in [1.82, 2.24) is 15.1 Å². The van der Waals surface area contributed by atoms with Crippen LogP contribution in [0.1, 0.15) is 41.6 Å². The third-order valence-electron chi connectivity index (χ3n) is 2.65. The van der Waals surface area contributed by atoms with Crippen LogP contribution in [0.2, 0.25) is 0 Å². The van der Waals surface area contributed by atoms with E-state index < -0.39 is 5.97 Å². The van der Waals surface area contributed by atoms with Gasteiger partial charge in [0, 0.05) is 36.8 Å². The van der Waals surface area contributed by atoms with Crippen LogP contribution in [0.25, 0.3) is 0 Å². The second kappa shape index (κ2) is 4.84. The molecule has 1 aliphatic heterocycles. The summed E-state index contributed by atoms with van der Waals surface area (Å²) < 4.78 is 1.83. The lowest BCUT2D eigenvalue weighted by Gasteiger charge is -2.16. The molecule has 0 radical (unpaired) electrons. The zero-order valence-electron chi connectivity index (χ0n) is 9.36. The van der Waals surface area contributed by atoms with Crippen LogP contribution in [-0.2, 0) is 13.0 Å². The fourth-order valence-corrected chi connectivity index (χ4v) is 1.97. The third-order valence-corrected chi connectivity index (χ3v) is 2.65. The van der Waals surface area contributed by atoms with Crippen molar-refractivity contribution in [2.24, 2.45) is 0 Å². The Bertz CT molecular complexity index is 401. The van der Waals surface area contributed by atoms with Crippen LogP contribution in [0.4, 0.5) is 0 Å². The van der Waals surface area contributed by atoms with E-state index in [1.807, 2.05) is 18.5 Å². The van der Waals surface area contributed by atoms with Crippen LogP contribution in [0.3, 0.4) is 0 Å². The molecule has 0 atom stereocenters. The van der Waals surface area contributed by atoms with Crippen molar-refractivity contribution < 1.29 is 9.90 Å². The SMILES string of the molecule is CC(C)n1nc(C(=O)O)c2c1CCNC2.Cl. The molecule has 0 unspecified atom stereocenters. The maximum Gasteiger partial charge on any atom is 0.356 e. The fraction of sp³-hybridized carbons (Fsp3) is 0.600. The predicted octanol–water partition coefficient (Wildman–Crippen LogP) is 1.23. The van der Waals surface area contributed by atoms with Crippen LogP contribution in [0.5, 0.6) is 0 Å². The zero-order chi connectivity index (χ0) is 11.0.